The van der Waals surface area contributed by atoms with E-state index < -0.39 is 0 Å². The number of imidazole rings is 2. The van der Waals surface area contributed by atoms with Crippen molar-refractivity contribution >= 4 is 22.1 Å². The van der Waals surface area contributed by atoms with Crippen LogP contribution >= 0.6 is 0 Å². The predicted octanol–water partition coefficient (Wildman–Crippen LogP) is 8.37. The van der Waals surface area contributed by atoms with E-state index in [2.05, 4.69) is 45.0 Å². The first-order valence-corrected chi connectivity index (χ1v) is 17.8. The van der Waals surface area contributed by atoms with Crippen LogP contribution in [0, 0.1) is 55.0 Å². The third-order valence-electron chi connectivity index (χ3n) is 8.75. The Bertz CT molecular complexity index is 2610. The van der Waals surface area contributed by atoms with E-state index in [1.165, 1.54) is 48.5 Å². The number of rotatable bonds is 5. The summed E-state index contributed by atoms with van der Waals surface area (Å²) in [5.41, 5.74) is 7.35. The van der Waals surface area contributed by atoms with Gasteiger partial charge in [0.2, 0.25) is 0 Å². The van der Waals surface area contributed by atoms with E-state index in [0.717, 1.165) is 39.1 Å². The van der Waals surface area contributed by atoms with Crippen LogP contribution in [0.1, 0.15) is 5.82 Å². The molecule has 0 atom stereocenters. The van der Waals surface area contributed by atoms with Gasteiger partial charge in [-0.3, -0.25) is 28.0 Å². The molecule has 6 aromatic carbocycles. The van der Waals surface area contributed by atoms with Crippen molar-refractivity contribution in [2.75, 3.05) is 0 Å². The third kappa shape index (κ3) is 9.07. The number of halogens is 4. The van der Waals surface area contributed by atoms with E-state index in [-0.39, 0.29) is 43.4 Å². The molecule has 10 rings (SSSR count). The monoisotopic (exact) mass is 962 g/mol. The fourth-order valence-electron chi connectivity index (χ4n) is 6.04. The van der Waals surface area contributed by atoms with E-state index in [1.807, 2.05) is 75.9 Å². The minimum atomic E-state index is -0.336. The number of para-hydroxylation sites is 4. The number of aryl methyl sites for hydroxylation is 1. The summed E-state index contributed by atoms with van der Waals surface area (Å²) in [6.45, 7) is 1.80. The Morgan fingerprint density at radius 2 is 1.00 bits per heavy atom. The Morgan fingerprint density at radius 1 is 0.542 bits per heavy atom. The van der Waals surface area contributed by atoms with Gasteiger partial charge in [-0.25, -0.2) is 8.78 Å². The van der Waals surface area contributed by atoms with E-state index >= 15 is 0 Å². The summed E-state index contributed by atoms with van der Waals surface area (Å²) in [7, 11) is 0. The summed E-state index contributed by atoms with van der Waals surface area (Å²) in [4.78, 5) is 8.19. The first-order valence-electron chi connectivity index (χ1n) is 17.8. The number of pyridine rings is 1. The summed E-state index contributed by atoms with van der Waals surface area (Å²) in [6.07, 6.45) is 8.15. The molecule has 8 nitrogen and oxygen atoms in total. The molecule has 0 N–H and O–H groups in total. The fraction of sp³-hybridized carbons (Fsp3) is 0.0217. The largest absolute Gasteiger partial charge is 0.421 e. The van der Waals surface area contributed by atoms with Gasteiger partial charge in [0.25, 0.3) is 12.7 Å². The average molecular weight is 962 g/mol. The summed E-state index contributed by atoms with van der Waals surface area (Å²) in [5, 5.41) is 7.65. The van der Waals surface area contributed by atoms with E-state index in [4.69, 9.17) is 0 Å². The smallest absolute Gasteiger partial charge is 0.268 e. The van der Waals surface area contributed by atoms with Crippen molar-refractivity contribution < 1.29 is 46.8 Å². The van der Waals surface area contributed by atoms with Gasteiger partial charge in [0, 0.05) is 43.8 Å². The van der Waals surface area contributed by atoms with Gasteiger partial charge in [0.1, 0.15) is 11.6 Å². The zero-order valence-electron chi connectivity index (χ0n) is 30.9. The molecule has 0 saturated carbocycles. The minimum absolute atomic E-state index is 0. The predicted molar refractivity (Wildman–Crippen MR) is 208 cm³/mol. The second kappa shape index (κ2) is 18.0. The van der Waals surface area contributed by atoms with Gasteiger partial charge in [-0.1, -0.05) is 54.6 Å². The minimum Gasteiger partial charge on any atom is -0.421 e. The van der Waals surface area contributed by atoms with Crippen LogP contribution in [0.4, 0.5) is 17.6 Å². The third-order valence-corrected chi connectivity index (χ3v) is 8.75. The summed E-state index contributed by atoms with van der Waals surface area (Å²) < 4.78 is 59.9. The number of fused-ring (bicyclic) bond motifs is 2. The van der Waals surface area contributed by atoms with E-state index in [0.29, 0.717) is 23.0 Å². The van der Waals surface area contributed by atoms with Gasteiger partial charge < -0.3 is 19.2 Å². The molecule has 293 valence electrons. The van der Waals surface area contributed by atoms with E-state index in [1.54, 1.807) is 58.7 Å². The molecule has 0 aliphatic rings. The molecule has 59 heavy (non-hydrogen) atoms. The van der Waals surface area contributed by atoms with Gasteiger partial charge in [0.15, 0.2) is 0 Å². The van der Waals surface area contributed by atoms with Crippen LogP contribution in [0.3, 0.4) is 0 Å². The molecule has 0 spiro atoms. The zero-order valence-corrected chi connectivity index (χ0v) is 33.3. The molecule has 13 heteroatoms. The van der Waals surface area contributed by atoms with Crippen LogP contribution in [-0.2, 0) is 20.1 Å². The molecule has 0 aliphatic carbocycles. The van der Waals surface area contributed by atoms with E-state index in [9.17, 15) is 17.6 Å². The summed E-state index contributed by atoms with van der Waals surface area (Å²) >= 11 is 0. The van der Waals surface area contributed by atoms with Crippen molar-refractivity contribution in [2.45, 2.75) is 6.92 Å². The molecular weight excluding hydrogens is 933 g/mol. The van der Waals surface area contributed by atoms with Crippen molar-refractivity contribution in [2.24, 2.45) is 0 Å². The SMILES string of the molecule is Cc1n[n-]c(-c2ccccn2)n1.Fc1c[c-]c(-n2[c-][n+](-c3ccc(F)cc3)c3ccccc32)cc1.Fc1c[c-]c(-n2[c-][n+](-c3ccc(F)cc3)c3ccccc32)cc1.[Ir]. The molecule has 0 saturated heterocycles. The van der Waals surface area contributed by atoms with Gasteiger partial charge in [0.05, 0.1) is 39.1 Å². The van der Waals surface area contributed by atoms with Gasteiger partial charge >= 0.3 is 0 Å². The average Bonchev–Trinajstić information content (AvgIpc) is 3.99. The van der Waals surface area contributed by atoms with Crippen molar-refractivity contribution in [1.29, 1.82) is 0 Å². The maximum absolute atomic E-state index is 13.2. The number of benzene rings is 6. The van der Waals surface area contributed by atoms with Crippen LogP contribution in [0.2, 0.25) is 0 Å². The maximum atomic E-state index is 13.2. The quantitative estimate of drug-likeness (QED) is 0.0989. The van der Waals surface area contributed by atoms with Crippen molar-refractivity contribution in [1.82, 2.24) is 29.3 Å². The number of hydrogen-bond donors (Lipinski definition) is 0. The second-order valence-electron chi connectivity index (χ2n) is 12.7. The molecular formula is C46H29F4IrN8-3. The number of nitrogens with zero attached hydrogens (tertiary/aromatic N) is 8. The Morgan fingerprint density at radius 3 is 1.41 bits per heavy atom. The molecule has 10 aromatic rings. The van der Waals surface area contributed by atoms with Crippen molar-refractivity contribution in [3.8, 4) is 34.3 Å². The van der Waals surface area contributed by atoms with Crippen LogP contribution < -0.4 is 14.2 Å². The molecule has 0 unspecified atom stereocenters. The molecule has 4 aromatic heterocycles. The van der Waals surface area contributed by atoms with Crippen LogP contribution in [0.25, 0.3) is 56.3 Å². The molecule has 0 amide bonds. The van der Waals surface area contributed by atoms with Crippen LogP contribution in [0.5, 0.6) is 0 Å². The van der Waals surface area contributed by atoms with Gasteiger partial charge in [-0.2, -0.15) is 24.3 Å². The second-order valence-corrected chi connectivity index (χ2v) is 12.7. The molecule has 0 fully saturated rings. The van der Waals surface area contributed by atoms with Crippen molar-refractivity contribution in [3.05, 3.63) is 212 Å². The Kier molecular flexibility index (Phi) is 12.3. The van der Waals surface area contributed by atoms with Crippen molar-refractivity contribution in [3.63, 3.8) is 0 Å². The standard InChI is InChI=1S/2C19H11F2N2.C8H7N4.Ir/c2*20-14-5-9-16(10-6-14)22-13-23(17-11-7-15(21)8-12-17)19-4-2-1-3-18(19)22;1-6-10-8(12-11-6)7-4-2-3-5-9-7;/h2*1-11H;2-5H,1H3;/q3*-1;. The van der Waals surface area contributed by atoms with Crippen LogP contribution in [0.15, 0.2) is 158 Å². The number of aromatic nitrogens is 8. The summed E-state index contributed by atoms with van der Waals surface area (Å²) in [5.74, 6) is 0.0203. The normalized spacial score (nSPS) is 10.7. The first kappa shape index (κ1) is 40.1. The fourth-order valence-corrected chi connectivity index (χ4v) is 6.04. The Hall–Kier alpha value is -7.08. The Balaban J connectivity index is 0.000000140. The number of hydrogen-bond acceptors (Lipinski definition) is 3. The topological polar surface area (TPSA) is 70.4 Å². The molecule has 1 radical (unpaired) electrons. The molecule has 0 aliphatic heterocycles. The zero-order chi connectivity index (χ0) is 40.0. The van der Waals surface area contributed by atoms with Gasteiger partial charge in [-0.05, 0) is 84.8 Å². The van der Waals surface area contributed by atoms with Crippen LogP contribution in [-0.4, -0.2) is 24.2 Å². The van der Waals surface area contributed by atoms with Gasteiger partial charge in [-0.15, -0.1) is 24.3 Å². The molecule has 4 heterocycles. The molecule has 0 bridgehead atoms. The first-order chi connectivity index (χ1) is 28.3. The maximum Gasteiger partial charge on any atom is 0.268 e. The Labute approximate surface area is 349 Å². The summed E-state index contributed by atoms with van der Waals surface area (Å²) in [6, 6.07) is 48.0.